The number of nitrogens with zero attached hydrogens (tertiary/aromatic N) is 3. The van der Waals surface area contributed by atoms with Crippen LogP contribution in [0.4, 0.5) is 0 Å². The molecule has 1 aromatic rings. The molecule has 0 spiro atoms. The maximum Gasteiger partial charge on any atom is 0.313 e. The van der Waals surface area contributed by atoms with E-state index in [-0.39, 0.29) is 11.8 Å². The highest BCUT2D eigenvalue weighted by Gasteiger charge is 2.35. The van der Waals surface area contributed by atoms with Crippen LogP contribution in [-0.2, 0) is 9.53 Å². The molecule has 2 atom stereocenters. The molecule has 0 aromatic heterocycles. The van der Waals surface area contributed by atoms with Gasteiger partial charge in [-0.15, -0.1) is 0 Å². The zero-order valence-corrected chi connectivity index (χ0v) is 12.1. The number of carboxylic acid groups (broad SMARTS) is 1. The Morgan fingerprint density at radius 2 is 2.00 bits per heavy atom. The van der Waals surface area contributed by atoms with E-state index in [1.165, 1.54) is 0 Å². The van der Waals surface area contributed by atoms with Crippen molar-refractivity contribution in [3.05, 3.63) is 45.3 Å². The van der Waals surface area contributed by atoms with Crippen LogP contribution in [0.5, 0.6) is 0 Å². The van der Waals surface area contributed by atoms with E-state index in [2.05, 4.69) is 10.0 Å². The molecule has 1 saturated heterocycles. The Morgan fingerprint density at radius 3 is 2.52 bits per heavy atom. The second kappa shape index (κ2) is 7.31. The van der Waals surface area contributed by atoms with Crippen LogP contribution in [0.15, 0.2) is 29.4 Å². The highest BCUT2D eigenvalue weighted by molar-refractivity contribution is 6.30. The average Bonchev–Trinajstić information content (AvgIpc) is 2.49. The number of azide groups is 1. The number of hydrogen-bond donors (Lipinski definition) is 1. The second-order valence-electron chi connectivity index (χ2n) is 5.02. The van der Waals surface area contributed by atoms with Gasteiger partial charge >= 0.3 is 5.97 Å². The molecule has 1 aliphatic rings. The normalized spacial score (nSPS) is 18.5. The molecule has 1 aliphatic heterocycles. The molecule has 1 fully saturated rings. The molecular formula is C14H16ClN3O3. The summed E-state index contributed by atoms with van der Waals surface area (Å²) < 4.78 is 5.33. The van der Waals surface area contributed by atoms with E-state index in [1.807, 2.05) is 0 Å². The van der Waals surface area contributed by atoms with Crippen molar-refractivity contribution in [3.8, 4) is 0 Å². The Morgan fingerprint density at radius 1 is 1.38 bits per heavy atom. The van der Waals surface area contributed by atoms with Crippen LogP contribution >= 0.6 is 11.6 Å². The summed E-state index contributed by atoms with van der Waals surface area (Å²) in [7, 11) is 0. The number of ether oxygens (including phenoxy) is 1. The summed E-state index contributed by atoms with van der Waals surface area (Å²) in [6.45, 7) is 1.19. The van der Waals surface area contributed by atoms with Crippen molar-refractivity contribution < 1.29 is 14.6 Å². The van der Waals surface area contributed by atoms with E-state index < -0.39 is 12.0 Å². The molecule has 1 N–H and O–H groups in total. The fourth-order valence-corrected chi connectivity index (χ4v) is 2.93. The summed E-state index contributed by atoms with van der Waals surface area (Å²) in [5.41, 5.74) is 9.50. The third kappa shape index (κ3) is 3.88. The molecule has 21 heavy (non-hydrogen) atoms. The minimum absolute atomic E-state index is 0.103. The lowest BCUT2D eigenvalue weighted by Crippen LogP contribution is -2.34. The topological polar surface area (TPSA) is 95.3 Å². The molecule has 1 heterocycles. The van der Waals surface area contributed by atoms with Crippen LogP contribution in [0, 0.1) is 5.92 Å². The number of carbonyl (C=O) groups is 1. The molecule has 0 aliphatic carbocycles. The number of halogens is 1. The van der Waals surface area contributed by atoms with Crippen LogP contribution in [0.2, 0.25) is 5.02 Å². The Labute approximate surface area is 127 Å². The molecule has 0 bridgehead atoms. The summed E-state index contributed by atoms with van der Waals surface area (Å²) in [6.07, 6.45) is 1.50. The van der Waals surface area contributed by atoms with Crippen molar-refractivity contribution in [1.82, 2.24) is 0 Å². The van der Waals surface area contributed by atoms with Gasteiger partial charge < -0.3 is 9.84 Å². The largest absolute Gasteiger partial charge is 0.481 e. The minimum Gasteiger partial charge on any atom is -0.481 e. The van der Waals surface area contributed by atoms with Crippen molar-refractivity contribution in [3.63, 3.8) is 0 Å². The molecule has 2 unspecified atom stereocenters. The molecule has 0 amide bonds. The van der Waals surface area contributed by atoms with Gasteiger partial charge in [0.15, 0.2) is 0 Å². The Balaban J connectivity index is 2.38. The lowest BCUT2D eigenvalue weighted by Gasteiger charge is -2.32. The average molecular weight is 310 g/mol. The van der Waals surface area contributed by atoms with E-state index in [0.717, 1.165) is 18.4 Å². The van der Waals surface area contributed by atoms with E-state index in [1.54, 1.807) is 24.3 Å². The highest BCUT2D eigenvalue weighted by Crippen LogP contribution is 2.36. The molecule has 2 rings (SSSR count). The zero-order valence-electron chi connectivity index (χ0n) is 11.4. The van der Waals surface area contributed by atoms with Gasteiger partial charge in [0.05, 0.1) is 0 Å². The monoisotopic (exact) mass is 309 g/mol. The van der Waals surface area contributed by atoms with Crippen molar-refractivity contribution in [2.45, 2.75) is 24.8 Å². The molecule has 0 saturated carbocycles. The fraction of sp³-hybridized carbons (Fsp3) is 0.500. The van der Waals surface area contributed by atoms with Crippen LogP contribution in [-0.4, -0.2) is 30.3 Å². The third-order valence-corrected chi connectivity index (χ3v) is 4.05. The van der Waals surface area contributed by atoms with Crippen molar-refractivity contribution in [1.29, 1.82) is 0 Å². The van der Waals surface area contributed by atoms with Gasteiger partial charge in [0.1, 0.15) is 6.04 Å². The second-order valence-corrected chi connectivity index (χ2v) is 5.45. The first-order valence-electron chi connectivity index (χ1n) is 6.73. The van der Waals surface area contributed by atoms with Gasteiger partial charge in [0, 0.05) is 29.1 Å². The highest BCUT2D eigenvalue weighted by atomic mass is 35.5. The number of hydrogen-bond acceptors (Lipinski definition) is 3. The minimum atomic E-state index is -1.13. The molecule has 6 nitrogen and oxygen atoms in total. The standard InChI is InChI=1S/C14H16ClN3O3/c15-11-3-1-9(2-4-11)12(10-5-7-21-8-6-10)13(14(19)20)17-18-16/h1-4,10,12-13H,5-8H2,(H,19,20). The maximum atomic E-state index is 11.5. The van der Waals surface area contributed by atoms with Gasteiger partial charge in [-0.05, 0) is 42.0 Å². The first-order valence-corrected chi connectivity index (χ1v) is 7.11. The Kier molecular flexibility index (Phi) is 5.44. The molecule has 112 valence electrons. The van der Waals surface area contributed by atoms with Crippen LogP contribution in [0.25, 0.3) is 10.4 Å². The fourth-order valence-electron chi connectivity index (χ4n) is 2.80. The van der Waals surface area contributed by atoms with Crippen LogP contribution in [0.1, 0.15) is 24.3 Å². The predicted octanol–water partition coefficient (Wildman–Crippen LogP) is 3.61. The zero-order chi connectivity index (χ0) is 15.2. The van der Waals surface area contributed by atoms with Gasteiger partial charge in [-0.25, -0.2) is 0 Å². The first kappa shape index (κ1) is 15.6. The summed E-state index contributed by atoms with van der Waals surface area (Å²) in [5.74, 6) is -1.38. The van der Waals surface area contributed by atoms with Gasteiger partial charge in [0.2, 0.25) is 0 Å². The van der Waals surface area contributed by atoms with Crippen molar-refractivity contribution in [2.24, 2.45) is 11.0 Å². The maximum absolute atomic E-state index is 11.5. The summed E-state index contributed by atoms with van der Waals surface area (Å²) >= 11 is 5.89. The van der Waals surface area contributed by atoms with Gasteiger partial charge in [0.25, 0.3) is 0 Å². The van der Waals surface area contributed by atoms with Gasteiger partial charge in [-0.3, -0.25) is 4.79 Å². The van der Waals surface area contributed by atoms with Gasteiger partial charge in [-0.2, -0.15) is 0 Å². The predicted molar refractivity (Wildman–Crippen MR) is 78.3 cm³/mol. The number of rotatable bonds is 5. The van der Waals surface area contributed by atoms with Crippen LogP contribution < -0.4 is 0 Å². The van der Waals surface area contributed by atoms with Gasteiger partial charge in [-0.1, -0.05) is 28.8 Å². The third-order valence-electron chi connectivity index (χ3n) is 3.80. The quantitative estimate of drug-likeness (QED) is 0.511. The Bertz CT molecular complexity index is 535. The number of benzene rings is 1. The van der Waals surface area contributed by atoms with Crippen LogP contribution in [0.3, 0.4) is 0 Å². The smallest absolute Gasteiger partial charge is 0.313 e. The summed E-state index contributed by atoms with van der Waals surface area (Å²) in [4.78, 5) is 14.2. The van der Waals surface area contributed by atoms with E-state index >= 15 is 0 Å². The molecule has 0 radical (unpaired) electrons. The van der Waals surface area contributed by atoms with Crippen molar-refractivity contribution in [2.75, 3.05) is 13.2 Å². The Hall–Kier alpha value is -1.75. The number of aliphatic carboxylic acids is 1. The van der Waals surface area contributed by atoms with Crippen molar-refractivity contribution >= 4 is 17.6 Å². The summed E-state index contributed by atoms with van der Waals surface area (Å²) in [5, 5.41) is 13.5. The number of carboxylic acids is 1. The lowest BCUT2D eigenvalue weighted by molar-refractivity contribution is -0.139. The summed E-state index contributed by atoms with van der Waals surface area (Å²) in [6, 6.07) is 5.91. The molecule has 1 aromatic carbocycles. The molecular weight excluding hydrogens is 294 g/mol. The SMILES string of the molecule is [N-]=[N+]=NC(C(=O)O)C(c1ccc(Cl)cc1)C1CCOCC1. The molecule has 7 heteroatoms. The lowest BCUT2D eigenvalue weighted by atomic mass is 9.77. The van der Waals surface area contributed by atoms with E-state index in [9.17, 15) is 9.90 Å². The van der Waals surface area contributed by atoms with E-state index in [0.29, 0.717) is 18.2 Å². The van der Waals surface area contributed by atoms with E-state index in [4.69, 9.17) is 21.9 Å². The first-order chi connectivity index (χ1) is 10.1.